The molecule has 118 valence electrons. The summed E-state index contributed by atoms with van der Waals surface area (Å²) in [6, 6.07) is 6.94. The molecular formula is C15H10BrNO5S. The van der Waals surface area contributed by atoms with Crippen molar-refractivity contribution in [1.82, 2.24) is 0 Å². The van der Waals surface area contributed by atoms with E-state index >= 15 is 0 Å². The molecule has 0 bridgehead atoms. The lowest BCUT2D eigenvalue weighted by atomic mass is 10.1. The molecule has 2 N–H and O–H groups in total. The smallest absolute Gasteiger partial charge is 0.349 e. The van der Waals surface area contributed by atoms with Gasteiger partial charge >= 0.3 is 5.97 Å². The molecule has 8 heteroatoms. The van der Waals surface area contributed by atoms with Crippen molar-refractivity contribution in [1.29, 1.82) is 0 Å². The van der Waals surface area contributed by atoms with E-state index in [0.717, 1.165) is 17.6 Å². The molecule has 0 unspecified atom stereocenters. The molecule has 1 aromatic heterocycles. The summed E-state index contributed by atoms with van der Waals surface area (Å²) in [5.74, 6) is 0.0871. The van der Waals surface area contributed by atoms with E-state index in [1.807, 2.05) is 0 Å². The van der Waals surface area contributed by atoms with E-state index in [-0.39, 0.29) is 16.5 Å². The number of hydrogen-bond donors (Lipinski definition) is 2. The van der Waals surface area contributed by atoms with Crippen molar-refractivity contribution < 1.29 is 24.2 Å². The van der Waals surface area contributed by atoms with Gasteiger partial charge in [-0.05, 0) is 33.6 Å². The number of benzene rings is 1. The normalized spacial score (nSPS) is 9.83. The molecule has 0 aliphatic carbocycles. The number of halogens is 1. The molecule has 1 aromatic carbocycles. The summed E-state index contributed by atoms with van der Waals surface area (Å²) in [7, 11) is 0. The molecule has 2 rings (SSSR count). The fourth-order valence-corrected chi connectivity index (χ4v) is 3.71. The Bertz CT molecular complexity index is 823. The molecule has 0 aliphatic rings. The van der Waals surface area contributed by atoms with Crippen LogP contribution in [0.1, 0.15) is 16.6 Å². The topological polar surface area (TPSA) is 92.7 Å². The lowest BCUT2D eigenvalue weighted by Gasteiger charge is -2.05. The van der Waals surface area contributed by atoms with Crippen LogP contribution in [0.3, 0.4) is 0 Å². The van der Waals surface area contributed by atoms with Crippen molar-refractivity contribution >= 4 is 50.8 Å². The van der Waals surface area contributed by atoms with Crippen LogP contribution in [0.5, 0.6) is 5.75 Å². The van der Waals surface area contributed by atoms with E-state index in [2.05, 4.69) is 21.2 Å². The van der Waals surface area contributed by atoms with Crippen LogP contribution in [0.15, 0.2) is 35.0 Å². The summed E-state index contributed by atoms with van der Waals surface area (Å²) in [6.45, 7) is 1.40. The number of thiophene rings is 1. The fourth-order valence-electron chi connectivity index (χ4n) is 1.85. The molecule has 6 nitrogen and oxygen atoms in total. The lowest BCUT2D eigenvalue weighted by molar-refractivity contribution is -0.114. The first-order valence-corrected chi connectivity index (χ1v) is 7.84. The number of carbonyl (C=O) groups is 2. The highest BCUT2D eigenvalue weighted by Gasteiger charge is 2.23. The van der Waals surface area contributed by atoms with Crippen LogP contribution in [0.2, 0.25) is 0 Å². The Kier molecular flexibility index (Phi) is 5.33. The molecular weight excluding hydrogens is 386 g/mol. The van der Waals surface area contributed by atoms with Crippen LogP contribution < -0.4 is 10.1 Å². The van der Waals surface area contributed by atoms with E-state index in [1.165, 1.54) is 12.9 Å². The lowest BCUT2D eigenvalue weighted by Crippen LogP contribution is -2.05. The molecule has 2 aromatic rings. The van der Waals surface area contributed by atoms with Gasteiger partial charge in [-0.25, -0.2) is 9.59 Å². The summed E-state index contributed by atoms with van der Waals surface area (Å²) in [4.78, 5) is 33.3. The van der Waals surface area contributed by atoms with E-state index in [1.54, 1.807) is 24.3 Å². The second-order valence-corrected chi connectivity index (χ2v) is 6.14. The predicted octanol–water partition coefficient (Wildman–Crippen LogP) is 3.56. The molecule has 0 saturated heterocycles. The van der Waals surface area contributed by atoms with Gasteiger partial charge in [-0.15, -0.1) is 11.3 Å². The minimum absolute atomic E-state index is 0.0331. The van der Waals surface area contributed by atoms with Gasteiger partial charge in [0, 0.05) is 12.6 Å². The quantitative estimate of drug-likeness (QED) is 0.596. The van der Waals surface area contributed by atoms with Gasteiger partial charge in [0.1, 0.15) is 0 Å². The number of amides is 1. The van der Waals surface area contributed by atoms with Gasteiger partial charge < -0.3 is 15.2 Å². The number of ether oxygens (including phenoxy) is 1. The summed E-state index contributed by atoms with van der Waals surface area (Å²) in [6.07, 6.45) is 0.747. The molecule has 23 heavy (non-hydrogen) atoms. The van der Waals surface area contributed by atoms with Gasteiger partial charge in [0.25, 0.3) is 0 Å². The van der Waals surface area contributed by atoms with Crippen LogP contribution in [0.25, 0.3) is 10.4 Å². The third-order valence-electron chi connectivity index (χ3n) is 2.67. The number of carboxylic acids is 1. The second kappa shape index (κ2) is 7.23. The number of anilines is 1. The van der Waals surface area contributed by atoms with Crippen LogP contribution in [-0.2, 0) is 9.59 Å². The first kappa shape index (κ1) is 17.0. The number of hydrogen-bond acceptors (Lipinski definition) is 5. The molecule has 0 spiro atoms. The summed E-state index contributed by atoms with van der Waals surface area (Å²) < 4.78 is 5.45. The van der Waals surface area contributed by atoms with Crippen molar-refractivity contribution in [2.45, 2.75) is 6.92 Å². The minimum atomic E-state index is -1.17. The van der Waals surface area contributed by atoms with Crippen LogP contribution in [0, 0.1) is 0 Å². The average Bonchev–Trinajstić information content (AvgIpc) is 2.82. The zero-order valence-electron chi connectivity index (χ0n) is 11.8. The summed E-state index contributed by atoms with van der Waals surface area (Å²) in [5, 5.41) is 11.9. The minimum Gasteiger partial charge on any atom is -0.477 e. The largest absolute Gasteiger partial charge is 0.477 e. The van der Waals surface area contributed by atoms with Gasteiger partial charge in [-0.2, -0.15) is 0 Å². The Labute approximate surface area is 143 Å². The molecule has 0 aliphatic heterocycles. The van der Waals surface area contributed by atoms with Gasteiger partial charge in [0.2, 0.25) is 5.91 Å². The van der Waals surface area contributed by atoms with Crippen molar-refractivity contribution in [3.8, 4) is 16.2 Å². The van der Waals surface area contributed by atoms with Gasteiger partial charge in [0.05, 0.1) is 9.35 Å². The standard InChI is InChI=1S/C15H10BrNO5S/c1-8(19)17-10-4-2-3-9(7-10)13-11(16)12(22-6-5-18)14(23-13)15(20)21/h2-4,6-7H,1H3,(H,17,19)(H,20,21). The molecule has 0 radical (unpaired) electrons. The van der Waals surface area contributed by atoms with Crippen molar-refractivity contribution in [2.24, 2.45) is 0 Å². The second-order valence-electron chi connectivity index (χ2n) is 4.32. The maximum Gasteiger partial charge on any atom is 0.349 e. The monoisotopic (exact) mass is 395 g/mol. The van der Waals surface area contributed by atoms with Crippen LogP contribution in [-0.4, -0.2) is 22.9 Å². The van der Waals surface area contributed by atoms with Gasteiger partial charge in [0.15, 0.2) is 22.8 Å². The Morgan fingerprint density at radius 1 is 1.43 bits per heavy atom. The van der Waals surface area contributed by atoms with E-state index in [9.17, 15) is 19.5 Å². The number of carbonyl (C=O) groups excluding carboxylic acids is 2. The van der Waals surface area contributed by atoms with E-state index < -0.39 is 5.97 Å². The Morgan fingerprint density at radius 2 is 2.17 bits per heavy atom. The van der Waals surface area contributed by atoms with Gasteiger partial charge in [-0.1, -0.05) is 12.1 Å². The first-order chi connectivity index (χ1) is 10.9. The molecule has 1 heterocycles. The van der Waals surface area contributed by atoms with Crippen molar-refractivity contribution in [3.63, 3.8) is 0 Å². The highest BCUT2D eigenvalue weighted by atomic mass is 79.9. The zero-order valence-corrected chi connectivity index (χ0v) is 14.2. The number of rotatable bonds is 5. The molecule has 0 saturated carbocycles. The highest BCUT2D eigenvalue weighted by molar-refractivity contribution is 9.10. The molecule has 0 fully saturated rings. The third kappa shape index (κ3) is 3.87. The fraction of sp³-hybridized carbons (Fsp3) is 0.0667. The van der Waals surface area contributed by atoms with Crippen molar-refractivity contribution in [2.75, 3.05) is 5.32 Å². The maximum atomic E-state index is 11.3. The molecule has 0 atom stereocenters. The Balaban J connectivity index is 2.53. The number of aromatic carboxylic acids is 1. The highest BCUT2D eigenvalue weighted by Crippen LogP contribution is 2.46. The number of carboxylic acid groups (broad SMARTS) is 1. The average molecular weight is 396 g/mol. The maximum absolute atomic E-state index is 11.3. The van der Waals surface area contributed by atoms with E-state index in [4.69, 9.17) is 4.74 Å². The summed E-state index contributed by atoms with van der Waals surface area (Å²) in [5.41, 5.74) is 1.28. The predicted molar refractivity (Wildman–Crippen MR) is 89.6 cm³/mol. The zero-order chi connectivity index (χ0) is 17.0. The van der Waals surface area contributed by atoms with Crippen LogP contribution >= 0.6 is 27.3 Å². The van der Waals surface area contributed by atoms with Gasteiger partial charge in [-0.3, -0.25) is 4.79 Å². The SMILES string of the molecule is CC(=O)Nc1cccc(-c2sc(C(=O)O)c(OC=C=O)c2Br)c1. The van der Waals surface area contributed by atoms with Crippen molar-refractivity contribution in [3.05, 3.63) is 39.9 Å². The Hall–Kier alpha value is -2.41. The first-order valence-electron chi connectivity index (χ1n) is 6.23. The summed E-state index contributed by atoms with van der Waals surface area (Å²) >= 11 is 4.29. The van der Waals surface area contributed by atoms with Crippen LogP contribution in [0.4, 0.5) is 5.69 Å². The van der Waals surface area contributed by atoms with E-state index in [0.29, 0.717) is 20.6 Å². The molecule has 1 amide bonds. The number of nitrogens with one attached hydrogen (secondary N) is 1. The Morgan fingerprint density at radius 3 is 2.78 bits per heavy atom. The third-order valence-corrected chi connectivity index (χ3v) is 4.90.